The Labute approximate surface area is 134 Å². The summed E-state index contributed by atoms with van der Waals surface area (Å²) in [4.78, 5) is 10.4. The molecule has 0 fully saturated rings. The van der Waals surface area contributed by atoms with Gasteiger partial charge in [0.1, 0.15) is 18.0 Å². The number of nitro benzene ring substituents is 1. The number of nitrogens with zero attached hydrogens (tertiary/aromatic N) is 1. The van der Waals surface area contributed by atoms with Crippen molar-refractivity contribution in [1.82, 2.24) is 0 Å². The van der Waals surface area contributed by atoms with Crippen LogP contribution in [-0.2, 0) is 6.61 Å². The van der Waals surface area contributed by atoms with Crippen molar-refractivity contribution in [2.45, 2.75) is 6.61 Å². The van der Waals surface area contributed by atoms with Crippen LogP contribution in [0.5, 0.6) is 5.75 Å². The van der Waals surface area contributed by atoms with Gasteiger partial charge in [-0.2, -0.15) is 0 Å². The molecular formula is C13H11BrClN3O3. The number of rotatable bonds is 5. The number of nitrogen functional groups attached to an aromatic ring is 1. The highest BCUT2D eigenvalue weighted by Gasteiger charge is 2.17. The molecule has 0 aromatic heterocycles. The van der Waals surface area contributed by atoms with E-state index < -0.39 is 4.92 Å². The van der Waals surface area contributed by atoms with Gasteiger partial charge in [-0.15, -0.1) is 0 Å². The number of para-hydroxylation sites is 1. The topological polar surface area (TPSA) is 90.4 Å². The highest BCUT2D eigenvalue weighted by Crippen LogP contribution is 2.31. The van der Waals surface area contributed by atoms with Gasteiger partial charge >= 0.3 is 0 Å². The monoisotopic (exact) mass is 371 g/mol. The third-order valence-corrected chi connectivity index (χ3v) is 3.55. The molecule has 2 aromatic rings. The average molecular weight is 373 g/mol. The summed E-state index contributed by atoms with van der Waals surface area (Å²) in [6.45, 7) is 0.0946. The SMILES string of the molecule is NNc1c(COc2cc(Br)ccc2Cl)cccc1[N+](=O)[O-]. The van der Waals surface area contributed by atoms with Gasteiger partial charge in [0.05, 0.1) is 9.95 Å². The zero-order valence-electron chi connectivity index (χ0n) is 10.7. The van der Waals surface area contributed by atoms with Crippen LogP contribution in [0.15, 0.2) is 40.9 Å². The largest absolute Gasteiger partial charge is 0.487 e. The fraction of sp³-hybridized carbons (Fsp3) is 0.0769. The molecule has 0 atom stereocenters. The van der Waals surface area contributed by atoms with E-state index in [0.717, 1.165) is 4.47 Å². The number of benzene rings is 2. The van der Waals surface area contributed by atoms with Crippen LogP contribution in [0.1, 0.15) is 5.56 Å². The number of nitrogens with one attached hydrogen (secondary N) is 1. The van der Waals surface area contributed by atoms with Crippen molar-refractivity contribution in [2.75, 3.05) is 5.43 Å². The van der Waals surface area contributed by atoms with Gasteiger partial charge in [-0.05, 0) is 18.2 Å². The molecule has 110 valence electrons. The first-order chi connectivity index (χ1) is 10.0. The predicted molar refractivity (Wildman–Crippen MR) is 84.4 cm³/mol. The molecule has 0 amide bonds. The van der Waals surface area contributed by atoms with E-state index in [1.165, 1.54) is 6.07 Å². The minimum atomic E-state index is -0.509. The summed E-state index contributed by atoms with van der Waals surface area (Å²) in [5.74, 6) is 5.84. The van der Waals surface area contributed by atoms with E-state index in [1.54, 1.807) is 30.3 Å². The lowest BCUT2D eigenvalue weighted by atomic mass is 10.1. The first-order valence-corrected chi connectivity index (χ1v) is 7.00. The summed E-state index contributed by atoms with van der Waals surface area (Å²) < 4.78 is 6.42. The van der Waals surface area contributed by atoms with Crippen molar-refractivity contribution in [3.8, 4) is 5.75 Å². The Morgan fingerprint density at radius 2 is 2.14 bits per heavy atom. The fourth-order valence-electron chi connectivity index (χ4n) is 1.77. The molecule has 0 spiro atoms. The second-order valence-corrected chi connectivity index (χ2v) is 5.40. The Morgan fingerprint density at radius 1 is 1.38 bits per heavy atom. The molecule has 21 heavy (non-hydrogen) atoms. The second-order valence-electron chi connectivity index (χ2n) is 4.08. The molecule has 0 bridgehead atoms. The summed E-state index contributed by atoms with van der Waals surface area (Å²) in [5, 5.41) is 11.4. The molecule has 8 heteroatoms. The van der Waals surface area contributed by atoms with E-state index in [2.05, 4.69) is 21.4 Å². The van der Waals surface area contributed by atoms with Crippen molar-refractivity contribution in [3.05, 3.63) is 61.6 Å². The maximum atomic E-state index is 10.9. The highest BCUT2D eigenvalue weighted by atomic mass is 79.9. The van der Waals surface area contributed by atoms with Crippen LogP contribution >= 0.6 is 27.5 Å². The van der Waals surface area contributed by atoms with Crippen LogP contribution in [-0.4, -0.2) is 4.92 Å². The van der Waals surface area contributed by atoms with Gasteiger partial charge in [0.2, 0.25) is 0 Å². The molecular weight excluding hydrogens is 362 g/mol. The van der Waals surface area contributed by atoms with Crippen LogP contribution in [0, 0.1) is 10.1 Å². The van der Waals surface area contributed by atoms with E-state index in [4.69, 9.17) is 22.2 Å². The van der Waals surface area contributed by atoms with Gasteiger partial charge in [-0.25, -0.2) is 0 Å². The third-order valence-electron chi connectivity index (χ3n) is 2.75. The molecule has 0 aliphatic heterocycles. The van der Waals surface area contributed by atoms with Crippen molar-refractivity contribution in [2.24, 2.45) is 5.84 Å². The molecule has 0 aliphatic rings. The van der Waals surface area contributed by atoms with Crippen LogP contribution in [0.25, 0.3) is 0 Å². The Bertz CT molecular complexity index is 682. The molecule has 6 nitrogen and oxygen atoms in total. The van der Waals surface area contributed by atoms with Crippen LogP contribution in [0.3, 0.4) is 0 Å². The van der Waals surface area contributed by atoms with E-state index in [0.29, 0.717) is 16.3 Å². The molecule has 0 saturated carbocycles. The summed E-state index contributed by atoms with van der Waals surface area (Å²) in [7, 11) is 0. The Morgan fingerprint density at radius 3 is 2.81 bits per heavy atom. The van der Waals surface area contributed by atoms with Crippen molar-refractivity contribution in [1.29, 1.82) is 0 Å². The van der Waals surface area contributed by atoms with E-state index in [9.17, 15) is 10.1 Å². The van der Waals surface area contributed by atoms with Crippen LogP contribution in [0.4, 0.5) is 11.4 Å². The van der Waals surface area contributed by atoms with Gasteiger partial charge in [0.15, 0.2) is 0 Å². The first-order valence-electron chi connectivity index (χ1n) is 5.83. The quantitative estimate of drug-likeness (QED) is 0.472. The average Bonchev–Trinajstić information content (AvgIpc) is 2.47. The molecule has 0 unspecified atom stereocenters. The number of anilines is 1. The van der Waals surface area contributed by atoms with Gasteiger partial charge < -0.3 is 10.2 Å². The smallest absolute Gasteiger partial charge is 0.294 e. The summed E-state index contributed by atoms with van der Waals surface area (Å²) >= 11 is 9.34. The van der Waals surface area contributed by atoms with Gasteiger partial charge in [0, 0.05) is 16.1 Å². The van der Waals surface area contributed by atoms with Crippen LogP contribution < -0.4 is 16.0 Å². The van der Waals surface area contributed by atoms with E-state index in [-0.39, 0.29) is 18.0 Å². The summed E-state index contributed by atoms with van der Waals surface area (Å²) in [5.41, 5.74) is 3.01. The maximum absolute atomic E-state index is 10.9. The number of nitrogens with two attached hydrogens (primary N) is 1. The first kappa shape index (κ1) is 15.6. The van der Waals surface area contributed by atoms with Crippen molar-refractivity contribution < 1.29 is 9.66 Å². The number of hydrogen-bond donors (Lipinski definition) is 2. The number of ether oxygens (including phenoxy) is 1. The molecule has 0 heterocycles. The Hall–Kier alpha value is -1.83. The van der Waals surface area contributed by atoms with E-state index in [1.807, 2.05) is 0 Å². The van der Waals surface area contributed by atoms with Gasteiger partial charge in [-0.3, -0.25) is 16.0 Å². The number of hydrogen-bond acceptors (Lipinski definition) is 5. The summed E-state index contributed by atoms with van der Waals surface area (Å²) in [6, 6.07) is 9.82. The highest BCUT2D eigenvalue weighted by molar-refractivity contribution is 9.10. The van der Waals surface area contributed by atoms with Crippen molar-refractivity contribution in [3.63, 3.8) is 0 Å². The minimum Gasteiger partial charge on any atom is -0.487 e. The number of halogens is 2. The molecule has 0 radical (unpaired) electrons. The minimum absolute atomic E-state index is 0.0946. The fourth-order valence-corrected chi connectivity index (χ4v) is 2.28. The zero-order valence-corrected chi connectivity index (χ0v) is 13.0. The maximum Gasteiger partial charge on any atom is 0.294 e. The predicted octanol–water partition coefficient (Wildman–Crippen LogP) is 3.88. The molecule has 2 aromatic carbocycles. The standard InChI is InChI=1S/C13H11BrClN3O3/c14-9-4-5-10(15)12(6-9)21-7-8-2-1-3-11(18(19)20)13(8)17-16/h1-6,17H,7,16H2. The molecule has 3 N–H and O–H groups in total. The summed E-state index contributed by atoms with van der Waals surface area (Å²) in [6.07, 6.45) is 0. The molecule has 0 saturated heterocycles. The zero-order chi connectivity index (χ0) is 15.4. The lowest BCUT2D eigenvalue weighted by molar-refractivity contribution is -0.384. The Kier molecular flexibility index (Phi) is 5.00. The number of nitro groups is 1. The normalized spacial score (nSPS) is 10.2. The number of hydrazine groups is 1. The van der Waals surface area contributed by atoms with E-state index >= 15 is 0 Å². The van der Waals surface area contributed by atoms with Crippen molar-refractivity contribution >= 4 is 38.9 Å². The van der Waals surface area contributed by atoms with Gasteiger partial charge in [0.25, 0.3) is 5.69 Å². The van der Waals surface area contributed by atoms with Crippen LogP contribution in [0.2, 0.25) is 5.02 Å². The third kappa shape index (κ3) is 3.63. The lowest BCUT2D eigenvalue weighted by Crippen LogP contribution is -2.12. The van der Waals surface area contributed by atoms with Gasteiger partial charge in [-0.1, -0.05) is 39.7 Å². The lowest BCUT2D eigenvalue weighted by Gasteiger charge is -2.12. The molecule has 2 rings (SSSR count). The molecule has 0 aliphatic carbocycles. The second kappa shape index (κ2) is 6.75. The Balaban J connectivity index is 2.26.